The molecule has 41 heavy (non-hydrogen) atoms. The van der Waals surface area contributed by atoms with Crippen LogP contribution in [-0.4, -0.2) is 70.3 Å². The van der Waals surface area contributed by atoms with Crippen LogP contribution in [0.25, 0.3) is 10.8 Å². The molecule has 3 amide bonds. The Bertz CT molecular complexity index is 1230. The van der Waals surface area contributed by atoms with Crippen molar-refractivity contribution < 1.29 is 38.9 Å². The van der Waals surface area contributed by atoms with Gasteiger partial charge in [-0.2, -0.15) is 0 Å². The number of esters is 1. The maximum Gasteiger partial charge on any atom is 0.329 e. The average Bonchev–Trinajstić information content (AvgIpc) is 2.88. The summed E-state index contributed by atoms with van der Waals surface area (Å²) in [6, 6.07) is 9.65. The van der Waals surface area contributed by atoms with Gasteiger partial charge in [-0.05, 0) is 69.2 Å². The number of hydrogen-bond donors (Lipinski definition) is 6. The Morgan fingerprint density at radius 1 is 0.902 bits per heavy atom. The molecule has 0 aromatic heterocycles. The molecule has 224 valence electrons. The van der Waals surface area contributed by atoms with Crippen LogP contribution < -0.4 is 21.7 Å². The number of ether oxygens (including phenoxy) is 1. The molecule has 12 nitrogen and oxygen atoms in total. The van der Waals surface area contributed by atoms with Gasteiger partial charge < -0.3 is 36.6 Å². The van der Waals surface area contributed by atoms with E-state index in [0.717, 1.165) is 16.3 Å². The molecule has 0 aliphatic heterocycles. The highest BCUT2D eigenvalue weighted by Gasteiger charge is 2.28. The molecule has 7 N–H and O–H groups in total. The summed E-state index contributed by atoms with van der Waals surface area (Å²) < 4.78 is 5.38. The third-order valence-corrected chi connectivity index (χ3v) is 6.07. The molecule has 12 heteroatoms. The van der Waals surface area contributed by atoms with Crippen molar-refractivity contribution in [2.45, 2.75) is 83.0 Å². The van der Waals surface area contributed by atoms with Crippen LogP contribution in [0.15, 0.2) is 42.5 Å². The molecule has 0 saturated carbocycles. The lowest BCUT2D eigenvalue weighted by Gasteiger charge is -2.25. The first-order chi connectivity index (χ1) is 19.2. The minimum Gasteiger partial charge on any atom is -0.481 e. The van der Waals surface area contributed by atoms with Crippen molar-refractivity contribution in [1.82, 2.24) is 16.0 Å². The lowest BCUT2D eigenvalue weighted by Crippen LogP contribution is -2.52. The second-order valence-electron chi connectivity index (χ2n) is 10.8. The topological polar surface area (TPSA) is 197 Å². The molecule has 0 bridgehead atoms. The first kappa shape index (κ1) is 33.0. The summed E-state index contributed by atoms with van der Waals surface area (Å²) in [6.45, 7) is 5.31. The molecule has 0 spiro atoms. The number of nitrogens with two attached hydrogens (primary N) is 1. The molecule has 0 heterocycles. The number of aliphatic carboxylic acids is 2. The van der Waals surface area contributed by atoms with Crippen molar-refractivity contribution in [3.05, 3.63) is 48.0 Å². The van der Waals surface area contributed by atoms with E-state index >= 15 is 0 Å². The van der Waals surface area contributed by atoms with Crippen molar-refractivity contribution in [2.75, 3.05) is 6.54 Å². The fraction of sp³-hybridized carbons (Fsp3) is 0.483. The number of fused-ring (bicyclic) bond motifs is 1. The molecule has 0 fully saturated rings. The van der Waals surface area contributed by atoms with Crippen molar-refractivity contribution in [2.24, 2.45) is 5.73 Å². The number of nitrogens with one attached hydrogen (secondary N) is 3. The van der Waals surface area contributed by atoms with E-state index in [-0.39, 0.29) is 18.7 Å². The smallest absolute Gasteiger partial charge is 0.329 e. The van der Waals surface area contributed by atoms with Gasteiger partial charge in [-0.3, -0.25) is 9.59 Å². The second kappa shape index (κ2) is 15.6. The molecular weight excluding hydrogens is 532 g/mol. The first-order valence-electron chi connectivity index (χ1n) is 13.5. The standard InChI is InChI=1S/C29H40N4O8/c1-29(2,3)41-27(39)23(33-28(40)32-22(26(37)38)13-14-24(34)35)10-6-7-15-31-25(36)21(30)17-18-11-12-19-8-4-5-9-20(19)16-18/h4-5,8-9,11-12,16,21-23H,6-7,10,13-15,17,30H2,1-3H3,(H,31,36)(H,34,35)(H,37,38)(H2,32,33,40). The Kier molecular flexibility index (Phi) is 12.5. The van der Waals surface area contributed by atoms with Gasteiger partial charge in [0.1, 0.15) is 17.7 Å². The maximum absolute atomic E-state index is 12.7. The molecule has 3 unspecified atom stereocenters. The monoisotopic (exact) mass is 572 g/mol. The molecule has 2 aromatic rings. The predicted molar refractivity (Wildman–Crippen MR) is 152 cm³/mol. The predicted octanol–water partition coefficient (Wildman–Crippen LogP) is 2.32. The highest BCUT2D eigenvalue weighted by Crippen LogP contribution is 2.16. The zero-order valence-corrected chi connectivity index (χ0v) is 23.6. The Morgan fingerprint density at radius 2 is 1.56 bits per heavy atom. The molecule has 0 aliphatic rings. The van der Waals surface area contributed by atoms with Gasteiger partial charge in [0.25, 0.3) is 0 Å². The summed E-state index contributed by atoms with van der Waals surface area (Å²) in [6.07, 6.45) is 0.663. The summed E-state index contributed by atoms with van der Waals surface area (Å²) in [5.41, 5.74) is 6.23. The molecule has 2 rings (SSSR count). The Labute approximate surface area is 239 Å². The van der Waals surface area contributed by atoms with Crippen LogP contribution in [0.1, 0.15) is 58.4 Å². The maximum atomic E-state index is 12.7. The van der Waals surface area contributed by atoms with Crippen molar-refractivity contribution in [3.63, 3.8) is 0 Å². The summed E-state index contributed by atoms with van der Waals surface area (Å²) in [5, 5.41) is 27.6. The van der Waals surface area contributed by atoms with Crippen LogP contribution in [0.5, 0.6) is 0 Å². The largest absolute Gasteiger partial charge is 0.481 e. The van der Waals surface area contributed by atoms with Crippen molar-refractivity contribution in [3.8, 4) is 0 Å². The van der Waals surface area contributed by atoms with Crippen LogP contribution in [0.3, 0.4) is 0 Å². The fourth-order valence-electron chi connectivity index (χ4n) is 4.03. The average molecular weight is 573 g/mol. The van der Waals surface area contributed by atoms with Crippen LogP contribution in [0.4, 0.5) is 4.79 Å². The van der Waals surface area contributed by atoms with Crippen molar-refractivity contribution in [1.29, 1.82) is 0 Å². The highest BCUT2D eigenvalue weighted by atomic mass is 16.6. The van der Waals surface area contributed by atoms with E-state index in [0.29, 0.717) is 25.8 Å². The van der Waals surface area contributed by atoms with E-state index in [9.17, 15) is 29.1 Å². The van der Waals surface area contributed by atoms with E-state index in [2.05, 4.69) is 16.0 Å². The number of carboxylic acid groups (broad SMARTS) is 2. The highest BCUT2D eigenvalue weighted by molar-refractivity contribution is 5.87. The van der Waals surface area contributed by atoms with E-state index in [1.54, 1.807) is 20.8 Å². The quantitative estimate of drug-likeness (QED) is 0.137. The lowest BCUT2D eigenvalue weighted by atomic mass is 10.0. The summed E-state index contributed by atoms with van der Waals surface area (Å²) in [5.74, 6) is -3.61. The Hall–Kier alpha value is -4.19. The van der Waals surface area contributed by atoms with Gasteiger partial charge >= 0.3 is 23.9 Å². The normalized spacial score (nSPS) is 13.5. The van der Waals surface area contributed by atoms with Gasteiger partial charge in [-0.25, -0.2) is 14.4 Å². The van der Waals surface area contributed by atoms with Gasteiger partial charge in [0.05, 0.1) is 6.04 Å². The molecular formula is C29H40N4O8. The van der Waals surface area contributed by atoms with Gasteiger partial charge in [0, 0.05) is 13.0 Å². The number of amides is 3. The number of hydrogen-bond acceptors (Lipinski definition) is 7. The van der Waals surface area contributed by atoms with Gasteiger partial charge in [-0.15, -0.1) is 0 Å². The number of urea groups is 1. The minimum absolute atomic E-state index is 0.161. The van der Waals surface area contributed by atoms with Crippen LogP contribution >= 0.6 is 0 Å². The number of rotatable bonds is 15. The van der Waals surface area contributed by atoms with E-state index in [4.69, 9.17) is 15.6 Å². The minimum atomic E-state index is -1.44. The fourth-order valence-corrected chi connectivity index (χ4v) is 4.03. The van der Waals surface area contributed by atoms with Crippen molar-refractivity contribution >= 4 is 40.6 Å². The number of carbonyl (C=O) groups is 5. The SMILES string of the molecule is CC(C)(C)OC(=O)C(CCCCNC(=O)C(N)Cc1ccc2ccccc2c1)NC(=O)NC(CCC(=O)O)C(=O)O. The first-order valence-corrected chi connectivity index (χ1v) is 13.5. The summed E-state index contributed by atoms with van der Waals surface area (Å²) in [7, 11) is 0. The third-order valence-electron chi connectivity index (χ3n) is 6.07. The van der Waals surface area contributed by atoms with E-state index in [1.807, 2.05) is 42.5 Å². The zero-order chi connectivity index (χ0) is 30.6. The molecule has 0 radical (unpaired) electrons. The number of unbranched alkanes of at least 4 members (excludes halogenated alkanes) is 1. The third kappa shape index (κ3) is 12.2. The number of carbonyl (C=O) groups excluding carboxylic acids is 3. The molecule has 0 saturated heterocycles. The van der Waals surface area contributed by atoms with Crippen LogP contribution in [-0.2, 0) is 30.3 Å². The molecule has 3 atom stereocenters. The van der Waals surface area contributed by atoms with E-state index in [1.165, 1.54) is 0 Å². The van der Waals surface area contributed by atoms with Crippen LogP contribution in [0, 0.1) is 0 Å². The number of carboxylic acids is 2. The second-order valence-corrected chi connectivity index (χ2v) is 10.8. The van der Waals surface area contributed by atoms with E-state index < -0.39 is 54.1 Å². The van der Waals surface area contributed by atoms with Gasteiger partial charge in [0.15, 0.2) is 0 Å². The summed E-state index contributed by atoms with van der Waals surface area (Å²) in [4.78, 5) is 59.8. The summed E-state index contributed by atoms with van der Waals surface area (Å²) >= 11 is 0. The van der Waals surface area contributed by atoms with Gasteiger partial charge in [-0.1, -0.05) is 42.5 Å². The van der Waals surface area contributed by atoms with Gasteiger partial charge in [0.2, 0.25) is 5.91 Å². The lowest BCUT2D eigenvalue weighted by molar-refractivity contribution is -0.157. The molecule has 2 aromatic carbocycles. The van der Waals surface area contributed by atoms with Crippen LogP contribution in [0.2, 0.25) is 0 Å². The zero-order valence-electron chi connectivity index (χ0n) is 23.6. The molecule has 0 aliphatic carbocycles. The number of benzene rings is 2. The Balaban J connectivity index is 1.86. The Morgan fingerprint density at radius 3 is 2.20 bits per heavy atom.